The first-order chi connectivity index (χ1) is 11.4. The zero-order valence-electron chi connectivity index (χ0n) is 15.3. The van der Waals surface area contributed by atoms with E-state index in [0.29, 0.717) is 25.4 Å². The first-order valence-electron chi connectivity index (χ1n) is 8.69. The summed E-state index contributed by atoms with van der Waals surface area (Å²) in [7, 11) is 0. The first-order valence-corrected chi connectivity index (χ1v) is 8.69. The van der Waals surface area contributed by atoms with E-state index in [2.05, 4.69) is 10.5 Å². The standard InChI is InChI=1S/C17H28N4O3/c1-6-20(7-2)16(22)14-9-8-10-21(14)17(23)18-11(3)15-12(4)19-24-13(15)5/h11,14H,6-10H2,1-5H3,(H,18,23)/t11-,14+/m1/s1. The highest BCUT2D eigenvalue weighted by molar-refractivity contribution is 5.87. The third-order valence-electron chi connectivity index (χ3n) is 4.74. The van der Waals surface area contributed by atoms with Gasteiger partial charge in [-0.25, -0.2) is 4.79 Å². The summed E-state index contributed by atoms with van der Waals surface area (Å²) in [6.07, 6.45) is 1.58. The number of aromatic nitrogens is 1. The molecule has 1 aromatic rings. The van der Waals surface area contributed by atoms with Crippen molar-refractivity contribution in [2.24, 2.45) is 0 Å². The van der Waals surface area contributed by atoms with E-state index in [-0.39, 0.29) is 24.0 Å². The quantitative estimate of drug-likeness (QED) is 0.895. The molecular formula is C17H28N4O3. The highest BCUT2D eigenvalue weighted by Gasteiger charge is 2.36. The van der Waals surface area contributed by atoms with Gasteiger partial charge in [-0.1, -0.05) is 5.16 Å². The number of nitrogens with one attached hydrogen (secondary N) is 1. The van der Waals surface area contributed by atoms with Crippen LogP contribution in [0.3, 0.4) is 0 Å². The molecule has 2 atom stereocenters. The molecule has 0 unspecified atom stereocenters. The Kier molecular flexibility index (Phi) is 5.85. The molecule has 0 radical (unpaired) electrons. The Bertz CT molecular complexity index is 575. The smallest absolute Gasteiger partial charge is 0.318 e. The Labute approximate surface area is 143 Å². The molecule has 24 heavy (non-hydrogen) atoms. The molecule has 1 fully saturated rings. The number of likely N-dealkylation sites (tertiary alicyclic amines) is 1. The third kappa shape index (κ3) is 3.55. The Balaban J connectivity index is 2.07. The van der Waals surface area contributed by atoms with E-state index in [9.17, 15) is 9.59 Å². The maximum atomic E-state index is 12.7. The van der Waals surface area contributed by atoms with Crippen molar-refractivity contribution in [2.45, 2.75) is 59.5 Å². The van der Waals surface area contributed by atoms with Crippen molar-refractivity contribution in [1.82, 2.24) is 20.3 Å². The van der Waals surface area contributed by atoms with Crippen LogP contribution >= 0.6 is 0 Å². The zero-order chi connectivity index (χ0) is 17.9. The molecule has 1 aliphatic rings. The number of hydrogen-bond donors (Lipinski definition) is 1. The molecule has 1 aromatic heterocycles. The van der Waals surface area contributed by atoms with E-state index in [1.165, 1.54) is 0 Å². The van der Waals surface area contributed by atoms with Gasteiger partial charge in [0.25, 0.3) is 0 Å². The van der Waals surface area contributed by atoms with Crippen molar-refractivity contribution in [2.75, 3.05) is 19.6 Å². The van der Waals surface area contributed by atoms with Gasteiger partial charge in [-0.05, 0) is 47.5 Å². The number of nitrogens with zero attached hydrogens (tertiary/aromatic N) is 3. The molecule has 2 rings (SSSR count). The topological polar surface area (TPSA) is 78.7 Å². The fourth-order valence-electron chi connectivity index (χ4n) is 3.46. The van der Waals surface area contributed by atoms with Gasteiger partial charge >= 0.3 is 6.03 Å². The van der Waals surface area contributed by atoms with Crippen molar-refractivity contribution in [3.8, 4) is 0 Å². The molecule has 134 valence electrons. The van der Waals surface area contributed by atoms with Crippen LogP contribution in [0.25, 0.3) is 0 Å². The van der Waals surface area contributed by atoms with Crippen LogP contribution in [0.15, 0.2) is 4.52 Å². The molecule has 3 amide bonds. The van der Waals surface area contributed by atoms with Gasteiger partial charge in [0.1, 0.15) is 11.8 Å². The number of carbonyl (C=O) groups is 2. The van der Waals surface area contributed by atoms with Gasteiger partial charge < -0.3 is 19.6 Å². The Hall–Kier alpha value is -2.05. The van der Waals surface area contributed by atoms with Gasteiger partial charge in [0.05, 0.1) is 11.7 Å². The number of carbonyl (C=O) groups excluding carboxylic acids is 2. The summed E-state index contributed by atoms with van der Waals surface area (Å²) in [5, 5.41) is 6.91. The second-order valence-electron chi connectivity index (χ2n) is 6.27. The van der Waals surface area contributed by atoms with Gasteiger partial charge in [0, 0.05) is 25.2 Å². The minimum absolute atomic E-state index is 0.0395. The maximum absolute atomic E-state index is 12.7. The fraction of sp³-hybridized carbons (Fsp3) is 0.706. The van der Waals surface area contributed by atoms with Crippen LogP contribution in [0.2, 0.25) is 0 Å². The molecule has 0 aromatic carbocycles. The lowest BCUT2D eigenvalue weighted by molar-refractivity contribution is -0.134. The monoisotopic (exact) mass is 336 g/mol. The summed E-state index contributed by atoms with van der Waals surface area (Å²) < 4.78 is 5.17. The number of rotatable bonds is 5. The number of amides is 3. The van der Waals surface area contributed by atoms with Crippen LogP contribution in [-0.4, -0.2) is 52.6 Å². The molecule has 0 saturated carbocycles. The Morgan fingerprint density at radius 3 is 2.58 bits per heavy atom. The van der Waals surface area contributed by atoms with E-state index in [1.54, 1.807) is 9.80 Å². The summed E-state index contributed by atoms with van der Waals surface area (Å²) in [4.78, 5) is 28.8. The van der Waals surface area contributed by atoms with E-state index < -0.39 is 0 Å². The van der Waals surface area contributed by atoms with Crippen LogP contribution in [0.4, 0.5) is 4.79 Å². The minimum Gasteiger partial charge on any atom is -0.361 e. The van der Waals surface area contributed by atoms with Crippen LogP contribution in [0.5, 0.6) is 0 Å². The summed E-state index contributed by atoms with van der Waals surface area (Å²) in [5.41, 5.74) is 1.67. The molecule has 2 heterocycles. The largest absolute Gasteiger partial charge is 0.361 e. The fourth-order valence-corrected chi connectivity index (χ4v) is 3.46. The van der Waals surface area contributed by atoms with Crippen molar-refractivity contribution in [3.05, 3.63) is 17.0 Å². The van der Waals surface area contributed by atoms with Gasteiger partial charge in [-0.3, -0.25) is 4.79 Å². The Morgan fingerprint density at radius 1 is 1.38 bits per heavy atom. The van der Waals surface area contributed by atoms with Crippen molar-refractivity contribution >= 4 is 11.9 Å². The molecule has 7 nitrogen and oxygen atoms in total. The highest BCUT2D eigenvalue weighted by Crippen LogP contribution is 2.23. The third-order valence-corrected chi connectivity index (χ3v) is 4.74. The highest BCUT2D eigenvalue weighted by atomic mass is 16.5. The van der Waals surface area contributed by atoms with Crippen molar-refractivity contribution in [3.63, 3.8) is 0 Å². The van der Waals surface area contributed by atoms with Gasteiger partial charge in [0.2, 0.25) is 5.91 Å². The molecule has 0 aliphatic carbocycles. The lowest BCUT2D eigenvalue weighted by atomic mass is 10.1. The average molecular weight is 336 g/mol. The number of hydrogen-bond acceptors (Lipinski definition) is 4. The summed E-state index contributed by atoms with van der Waals surface area (Å²) in [6.45, 7) is 11.4. The SMILES string of the molecule is CCN(CC)C(=O)[C@@H]1CCCN1C(=O)N[C@H](C)c1c(C)noc1C. The number of aryl methyl sites for hydroxylation is 2. The van der Waals surface area contributed by atoms with E-state index in [1.807, 2.05) is 34.6 Å². The molecule has 1 saturated heterocycles. The second kappa shape index (κ2) is 7.68. The van der Waals surface area contributed by atoms with Gasteiger partial charge in [0.15, 0.2) is 0 Å². The van der Waals surface area contributed by atoms with Crippen LogP contribution in [0, 0.1) is 13.8 Å². The average Bonchev–Trinajstić information content (AvgIpc) is 3.15. The van der Waals surface area contributed by atoms with E-state index >= 15 is 0 Å². The van der Waals surface area contributed by atoms with Gasteiger partial charge in [-0.15, -0.1) is 0 Å². The van der Waals surface area contributed by atoms with Crippen LogP contribution < -0.4 is 5.32 Å². The number of urea groups is 1. The van der Waals surface area contributed by atoms with E-state index in [0.717, 1.165) is 24.1 Å². The predicted octanol–water partition coefficient (Wildman–Crippen LogP) is 2.39. The normalized spacial score (nSPS) is 18.5. The summed E-state index contributed by atoms with van der Waals surface area (Å²) in [5.74, 6) is 0.745. The molecule has 0 bridgehead atoms. The predicted molar refractivity (Wildman–Crippen MR) is 90.6 cm³/mol. The molecular weight excluding hydrogens is 308 g/mol. The van der Waals surface area contributed by atoms with Crippen LogP contribution in [-0.2, 0) is 4.79 Å². The van der Waals surface area contributed by atoms with Crippen molar-refractivity contribution in [1.29, 1.82) is 0 Å². The van der Waals surface area contributed by atoms with Crippen LogP contribution in [0.1, 0.15) is 56.7 Å². The molecule has 7 heteroatoms. The molecule has 1 aliphatic heterocycles. The second-order valence-corrected chi connectivity index (χ2v) is 6.27. The summed E-state index contributed by atoms with van der Waals surface area (Å²) >= 11 is 0. The lowest BCUT2D eigenvalue weighted by Gasteiger charge is -2.30. The Morgan fingerprint density at radius 2 is 2.04 bits per heavy atom. The summed E-state index contributed by atoms with van der Waals surface area (Å²) in [6, 6.07) is -0.777. The van der Waals surface area contributed by atoms with E-state index in [4.69, 9.17) is 4.52 Å². The lowest BCUT2D eigenvalue weighted by Crippen LogP contribution is -2.51. The maximum Gasteiger partial charge on any atom is 0.318 e. The minimum atomic E-state index is -0.359. The molecule has 0 spiro atoms. The number of likely N-dealkylation sites (N-methyl/N-ethyl adjacent to an activating group) is 1. The first kappa shape index (κ1) is 18.3. The van der Waals surface area contributed by atoms with Gasteiger partial charge in [-0.2, -0.15) is 0 Å². The molecule has 1 N–H and O–H groups in total. The van der Waals surface area contributed by atoms with Crippen molar-refractivity contribution < 1.29 is 14.1 Å². The zero-order valence-corrected chi connectivity index (χ0v) is 15.3.